The number of anilines is 1. The molecule has 1 heterocycles. The molecule has 108 valence electrons. The molecule has 0 bridgehead atoms. The second-order valence-electron chi connectivity index (χ2n) is 5.38. The van der Waals surface area contributed by atoms with Crippen LogP contribution in [0.5, 0.6) is 0 Å². The first-order valence-corrected chi connectivity index (χ1v) is 7.35. The Morgan fingerprint density at radius 2 is 2.10 bits per heavy atom. The first-order chi connectivity index (χ1) is 10.1. The van der Waals surface area contributed by atoms with Crippen LogP contribution < -0.4 is 5.32 Å². The van der Waals surface area contributed by atoms with Crippen LogP contribution in [0.3, 0.4) is 0 Å². The van der Waals surface area contributed by atoms with E-state index >= 15 is 0 Å². The van der Waals surface area contributed by atoms with Crippen molar-refractivity contribution >= 4 is 23.2 Å². The van der Waals surface area contributed by atoms with Gasteiger partial charge in [0.15, 0.2) is 0 Å². The molecule has 1 atom stereocenters. The maximum Gasteiger partial charge on any atom is 0.245 e. The third-order valence-electron chi connectivity index (χ3n) is 3.75. The van der Waals surface area contributed by atoms with Crippen molar-refractivity contribution in [3.05, 3.63) is 64.7 Å². The maximum atomic E-state index is 12.5. The average molecular weight is 301 g/mol. The lowest BCUT2D eigenvalue weighted by atomic mass is 10.1. The van der Waals surface area contributed by atoms with Crippen molar-refractivity contribution in [3.8, 4) is 0 Å². The summed E-state index contributed by atoms with van der Waals surface area (Å²) in [5.74, 6) is 0.103. The molecular weight excluding hydrogens is 284 g/mol. The van der Waals surface area contributed by atoms with Crippen LogP contribution >= 0.6 is 11.6 Å². The number of carbonyl (C=O) groups is 1. The molecule has 1 amide bonds. The number of para-hydroxylation sites is 1. The minimum Gasteiger partial charge on any atom is -0.373 e. The SMILES string of the molecule is CN(Cc1cccc(Cl)c1)C(=O)C1Cc2ccccc2N1. The van der Waals surface area contributed by atoms with Crippen molar-refractivity contribution in [1.82, 2.24) is 4.90 Å². The van der Waals surface area contributed by atoms with Gasteiger partial charge in [0.2, 0.25) is 5.91 Å². The zero-order valence-corrected chi connectivity index (χ0v) is 12.6. The number of fused-ring (bicyclic) bond motifs is 1. The molecule has 1 aliphatic heterocycles. The molecule has 0 spiro atoms. The van der Waals surface area contributed by atoms with E-state index in [0.717, 1.165) is 17.7 Å². The van der Waals surface area contributed by atoms with Gasteiger partial charge in [-0.3, -0.25) is 4.79 Å². The highest BCUT2D eigenvalue weighted by Gasteiger charge is 2.28. The Kier molecular flexibility index (Phi) is 3.84. The molecular formula is C17H17ClN2O. The van der Waals surface area contributed by atoms with Crippen molar-refractivity contribution in [2.24, 2.45) is 0 Å². The van der Waals surface area contributed by atoms with Crippen LogP contribution in [0.25, 0.3) is 0 Å². The minimum atomic E-state index is -0.174. The van der Waals surface area contributed by atoms with Crippen LogP contribution in [0.15, 0.2) is 48.5 Å². The molecule has 0 saturated heterocycles. The Bertz CT molecular complexity index is 646. The number of hydrogen-bond acceptors (Lipinski definition) is 2. The summed E-state index contributed by atoms with van der Waals surface area (Å²) in [6.45, 7) is 0.563. The quantitative estimate of drug-likeness (QED) is 0.943. The van der Waals surface area contributed by atoms with Crippen molar-refractivity contribution in [1.29, 1.82) is 0 Å². The number of benzene rings is 2. The molecule has 0 saturated carbocycles. The molecule has 4 heteroatoms. The number of halogens is 1. The molecule has 1 unspecified atom stereocenters. The normalized spacial score (nSPS) is 16.2. The predicted molar refractivity (Wildman–Crippen MR) is 85.5 cm³/mol. The monoisotopic (exact) mass is 300 g/mol. The van der Waals surface area contributed by atoms with Crippen molar-refractivity contribution in [2.75, 3.05) is 12.4 Å². The largest absolute Gasteiger partial charge is 0.373 e. The highest BCUT2D eigenvalue weighted by atomic mass is 35.5. The highest BCUT2D eigenvalue weighted by Crippen LogP contribution is 2.26. The summed E-state index contributed by atoms with van der Waals surface area (Å²) in [5, 5.41) is 3.99. The summed E-state index contributed by atoms with van der Waals surface area (Å²) in [4.78, 5) is 14.3. The van der Waals surface area contributed by atoms with Gasteiger partial charge in [-0.2, -0.15) is 0 Å². The topological polar surface area (TPSA) is 32.3 Å². The van der Waals surface area contributed by atoms with Crippen molar-refractivity contribution < 1.29 is 4.79 Å². The number of nitrogens with zero attached hydrogens (tertiary/aromatic N) is 1. The fraction of sp³-hybridized carbons (Fsp3) is 0.235. The number of likely N-dealkylation sites (N-methyl/N-ethyl adjacent to an activating group) is 1. The Labute approximate surface area is 129 Å². The van der Waals surface area contributed by atoms with E-state index < -0.39 is 0 Å². The van der Waals surface area contributed by atoms with E-state index in [1.165, 1.54) is 5.56 Å². The smallest absolute Gasteiger partial charge is 0.245 e. The van der Waals surface area contributed by atoms with Crippen LogP contribution in [-0.2, 0) is 17.8 Å². The molecule has 0 fully saturated rings. The van der Waals surface area contributed by atoms with E-state index in [1.54, 1.807) is 4.90 Å². The van der Waals surface area contributed by atoms with Gasteiger partial charge in [-0.25, -0.2) is 0 Å². The van der Waals surface area contributed by atoms with Gasteiger partial charge >= 0.3 is 0 Å². The van der Waals surface area contributed by atoms with E-state index in [4.69, 9.17) is 11.6 Å². The number of hydrogen-bond donors (Lipinski definition) is 1. The molecule has 2 aromatic carbocycles. The third-order valence-corrected chi connectivity index (χ3v) is 3.99. The zero-order valence-electron chi connectivity index (χ0n) is 11.8. The Balaban J connectivity index is 1.66. The van der Waals surface area contributed by atoms with Crippen LogP contribution in [0, 0.1) is 0 Å². The van der Waals surface area contributed by atoms with E-state index in [9.17, 15) is 4.79 Å². The summed E-state index contributed by atoms with van der Waals surface area (Å²) < 4.78 is 0. The summed E-state index contributed by atoms with van der Waals surface area (Å²) >= 11 is 5.98. The number of carbonyl (C=O) groups excluding carboxylic acids is 1. The summed E-state index contributed by atoms with van der Waals surface area (Å²) in [6.07, 6.45) is 0.745. The second kappa shape index (κ2) is 5.78. The molecule has 21 heavy (non-hydrogen) atoms. The van der Waals surface area contributed by atoms with Gasteiger partial charge in [-0.1, -0.05) is 41.9 Å². The number of amides is 1. The molecule has 0 aliphatic carbocycles. The van der Waals surface area contributed by atoms with Gasteiger partial charge in [0.1, 0.15) is 6.04 Å². The lowest BCUT2D eigenvalue weighted by Crippen LogP contribution is -2.39. The van der Waals surface area contributed by atoms with Gasteiger partial charge in [-0.05, 0) is 29.3 Å². The first-order valence-electron chi connectivity index (χ1n) is 6.97. The zero-order chi connectivity index (χ0) is 14.8. The molecule has 3 nitrogen and oxygen atoms in total. The predicted octanol–water partition coefficient (Wildman–Crippen LogP) is 3.34. The van der Waals surface area contributed by atoms with Crippen molar-refractivity contribution in [3.63, 3.8) is 0 Å². The molecule has 0 radical (unpaired) electrons. The molecule has 2 aromatic rings. The fourth-order valence-electron chi connectivity index (χ4n) is 2.70. The van der Waals surface area contributed by atoms with Gasteiger partial charge in [0, 0.05) is 30.7 Å². The van der Waals surface area contributed by atoms with Crippen LogP contribution in [0.4, 0.5) is 5.69 Å². The minimum absolute atomic E-state index is 0.103. The van der Waals surface area contributed by atoms with Gasteiger partial charge in [-0.15, -0.1) is 0 Å². The van der Waals surface area contributed by atoms with Gasteiger partial charge in [0.25, 0.3) is 0 Å². The third kappa shape index (κ3) is 3.03. The maximum absolute atomic E-state index is 12.5. The van der Waals surface area contributed by atoms with Crippen molar-refractivity contribution in [2.45, 2.75) is 19.0 Å². The number of nitrogens with one attached hydrogen (secondary N) is 1. The van der Waals surface area contributed by atoms with Gasteiger partial charge in [0.05, 0.1) is 0 Å². The fourth-order valence-corrected chi connectivity index (χ4v) is 2.91. The van der Waals surface area contributed by atoms with Crippen LogP contribution in [0.1, 0.15) is 11.1 Å². The summed E-state index contributed by atoms with van der Waals surface area (Å²) in [6, 6.07) is 15.5. The summed E-state index contributed by atoms with van der Waals surface area (Å²) in [7, 11) is 1.83. The lowest BCUT2D eigenvalue weighted by molar-refractivity contribution is -0.131. The Hall–Kier alpha value is -2.00. The molecule has 1 aliphatic rings. The lowest BCUT2D eigenvalue weighted by Gasteiger charge is -2.21. The standard InChI is InChI=1S/C17H17ClN2O/c1-20(11-12-5-4-7-14(18)9-12)17(21)16-10-13-6-2-3-8-15(13)19-16/h2-9,16,19H,10-11H2,1H3. The Morgan fingerprint density at radius 1 is 1.29 bits per heavy atom. The molecule has 1 N–H and O–H groups in total. The van der Waals surface area contributed by atoms with Crippen LogP contribution in [0.2, 0.25) is 5.02 Å². The number of rotatable bonds is 3. The average Bonchev–Trinajstić information content (AvgIpc) is 2.90. The van der Waals surface area contributed by atoms with Gasteiger partial charge < -0.3 is 10.2 Å². The molecule has 3 rings (SSSR count). The summed E-state index contributed by atoms with van der Waals surface area (Å²) in [5.41, 5.74) is 3.30. The van der Waals surface area contributed by atoms with E-state index in [2.05, 4.69) is 11.4 Å². The highest BCUT2D eigenvalue weighted by molar-refractivity contribution is 6.30. The van der Waals surface area contributed by atoms with E-state index in [-0.39, 0.29) is 11.9 Å². The molecule has 0 aromatic heterocycles. The first kappa shape index (κ1) is 14.0. The van der Waals surface area contributed by atoms with E-state index in [1.807, 2.05) is 49.5 Å². The Morgan fingerprint density at radius 3 is 2.86 bits per heavy atom. The van der Waals surface area contributed by atoms with Crippen LogP contribution in [-0.4, -0.2) is 23.9 Å². The van der Waals surface area contributed by atoms with E-state index in [0.29, 0.717) is 11.6 Å². The second-order valence-corrected chi connectivity index (χ2v) is 5.82.